The molecular weight excluding hydrogens is 188 g/mol. The molecule has 2 N–H and O–H groups in total. The molecule has 0 saturated carbocycles. The summed E-state index contributed by atoms with van der Waals surface area (Å²) in [6.07, 6.45) is 0. The summed E-state index contributed by atoms with van der Waals surface area (Å²) in [4.78, 5) is 11.9. The Hall–Kier alpha value is -0.570. The van der Waals surface area contributed by atoms with Crippen molar-refractivity contribution in [3.05, 3.63) is 0 Å². The van der Waals surface area contributed by atoms with E-state index in [4.69, 9.17) is 0 Å². The van der Waals surface area contributed by atoms with E-state index in [-0.39, 0.29) is 23.4 Å². The van der Waals surface area contributed by atoms with Crippen LogP contribution in [0.2, 0.25) is 0 Å². The van der Waals surface area contributed by atoms with Gasteiger partial charge in [-0.25, -0.2) is 0 Å². The van der Waals surface area contributed by atoms with Crippen LogP contribution in [0.4, 0.5) is 0 Å². The van der Waals surface area contributed by atoms with Gasteiger partial charge in [-0.2, -0.15) is 0 Å². The average molecular weight is 214 g/mol. The van der Waals surface area contributed by atoms with Gasteiger partial charge < -0.3 is 10.6 Å². The highest BCUT2D eigenvalue weighted by molar-refractivity contribution is 5.82. The van der Waals surface area contributed by atoms with E-state index in [1.807, 2.05) is 27.8 Å². The molecule has 0 spiro atoms. The Labute approximate surface area is 94.0 Å². The number of rotatable bonds is 4. The number of hydrogen-bond acceptors (Lipinski definition) is 2. The first-order valence-electron chi connectivity index (χ1n) is 5.67. The van der Waals surface area contributed by atoms with Crippen molar-refractivity contribution in [2.45, 2.75) is 53.6 Å². The maximum absolute atomic E-state index is 11.9. The largest absolute Gasteiger partial charge is 0.352 e. The summed E-state index contributed by atoms with van der Waals surface area (Å²) < 4.78 is 0. The molecule has 0 rings (SSSR count). The first-order chi connectivity index (χ1) is 6.70. The minimum absolute atomic E-state index is 0.0925. The molecule has 90 valence electrons. The maximum Gasteiger partial charge on any atom is 0.237 e. The van der Waals surface area contributed by atoms with Crippen molar-refractivity contribution in [1.29, 1.82) is 0 Å². The third kappa shape index (κ3) is 4.65. The van der Waals surface area contributed by atoms with E-state index in [0.717, 1.165) is 0 Å². The van der Waals surface area contributed by atoms with Crippen LogP contribution < -0.4 is 10.6 Å². The lowest BCUT2D eigenvalue weighted by molar-refractivity contribution is -0.125. The summed E-state index contributed by atoms with van der Waals surface area (Å²) in [6.45, 7) is 12.5. The highest BCUT2D eigenvalue weighted by Crippen LogP contribution is 2.18. The molecule has 0 aliphatic carbocycles. The van der Waals surface area contributed by atoms with Crippen LogP contribution in [0.3, 0.4) is 0 Å². The van der Waals surface area contributed by atoms with Gasteiger partial charge in [0.25, 0.3) is 0 Å². The summed E-state index contributed by atoms with van der Waals surface area (Å²) >= 11 is 0. The highest BCUT2D eigenvalue weighted by atomic mass is 16.2. The summed E-state index contributed by atoms with van der Waals surface area (Å²) in [5.74, 6) is 0.400. The van der Waals surface area contributed by atoms with Crippen molar-refractivity contribution in [3.8, 4) is 0 Å². The first-order valence-corrected chi connectivity index (χ1v) is 5.67. The van der Waals surface area contributed by atoms with Gasteiger partial charge in [0.15, 0.2) is 0 Å². The van der Waals surface area contributed by atoms with Crippen LogP contribution in [0, 0.1) is 11.3 Å². The number of hydrogen-bond donors (Lipinski definition) is 2. The van der Waals surface area contributed by atoms with Crippen LogP contribution in [0.5, 0.6) is 0 Å². The van der Waals surface area contributed by atoms with E-state index in [0.29, 0.717) is 5.92 Å². The summed E-state index contributed by atoms with van der Waals surface area (Å²) in [6, 6.07) is 0.0781. The predicted octanol–water partition coefficient (Wildman–Crippen LogP) is 1.78. The molecule has 0 saturated heterocycles. The lowest BCUT2D eigenvalue weighted by Gasteiger charge is -2.30. The summed E-state index contributed by atoms with van der Waals surface area (Å²) in [5, 5.41) is 6.10. The second kappa shape index (κ2) is 5.50. The smallest absolute Gasteiger partial charge is 0.237 e. The highest BCUT2D eigenvalue weighted by Gasteiger charge is 2.26. The quantitative estimate of drug-likeness (QED) is 0.749. The monoisotopic (exact) mass is 214 g/mol. The van der Waals surface area contributed by atoms with E-state index in [1.54, 1.807) is 0 Å². The van der Waals surface area contributed by atoms with Crippen molar-refractivity contribution in [2.75, 3.05) is 7.05 Å². The van der Waals surface area contributed by atoms with Gasteiger partial charge in [0.05, 0.1) is 6.04 Å². The van der Waals surface area contributed by atoms with E-state index in [2.05, 4.69) is 31.4 Å². The Morgan fingerprint density at radius 3 is 1.87 bits per heavy atom. The molecule has 3 nitrogen and oxygen atoms in total. The predicted molar refractivity (Wildman–Crippen MR) is 64.7 cm³/mol. The summed E-state index contributed by atoms with van der Waals surface area (Å²) in [5.41, 5.74) is 0.102. The molecule has 0 heterocycles. The Kier molecular flexibility index (Phi) is 5.29. The normalized spacial score (nSPS) is 16.3. The zero-order valence-corrected chi connectivity index (χ0v) is 11.1. The van der Waals surface area contributed by atoms with Crippen molar-refractivity contribution < 1.29 is 4.79 Å². The molecule has 0 fully saturated rings. The van der Waals surface area contributed by atoms with E-state index < -0.39 is 0 Å². The van der Waals surface area contributed by atoms with Gasteiger partial charge in [-0.3, -0.25) is 4.79 Å². The van der Waals surface area contributed by atoms with Crippen molar-refractivity contribution >= 4 is 5.91 Å². The lowest BCUT2D eigenvalue weighted by atomic mass is 9.87. The fourth-order valence-corrected chi connectivity index (χ4v) is 1.29. The van der Waals surface area contributed by atoms with Gasteiger partial charge in [-0.05, 0) is 25.3 Å². The third-order valence-electron chi connectivity index (χ3n) is 2.92. The van der Waals surface area contributed by atoms with Gasteiger partial charge in [0, 0.05) is 6.04 Å². The molecule has 15 heavy (non-hydrogen) atoms. The van der Waals surface area contributed by atoms with Gasteiger partial charge >= 0.3 is 0 Å². The third-order valence-corrected chi connectivity index (χ3v) is 2.92. The van der Waals surface area contributed by atoms with Gasteiger partial charge in [0.2, 0.25) is 5.91 Å². The van der Waals surface area contributed by atoms with Crippen molar-refractivity contribution in [1.82, 2.24) is 10.6 Å². The van der Waals surface area contributed by atoms with Crippen LogP contribution in [-0.4, -0.2) is 25.0 Å². The molecule has 1 amide bonds. The number of nitrogens with one attached hydrogen (secondary N) is 2. The zero-order valence-electron chi connectivity index (χ0n) is 11.1. The second-order valence-corrected chi connectivity index (χ2v) is 5.61. The topological polar surface area (TPSA) is 41.1 Å². The molecule has 0 aromatic carbocycles. The number of carbonyl (C=O) groups excluding carboxylic acids is 1. The van der Waals surface area contributed by atoms with Crippen LogP contribution in [0.15, 0.2) is 0 Å². The van der Waals surface area contributed by atoms with Crippen molar-refractivity contribution in [2.24, 2.45) is 11.3 Å². The maximum atomic E-state index is 11.9. The molecule has 2 atom stereocenters. The van der Waals surface area contributed by atoms with Crippen LogP contribution in [0.25, 0.3) is 0 Å². The zero-order chi connectivity index (χ0) is 12.2. The Balaban J connectivity index is 4.35. The lowest BCUT2D eigenvalue weighted by Crippen LogP contribution is -2.51. The molecule has 0 aliphatic heterocycles. The van der Waals surface area contributed by atoms with Crippen LogP contribution in [0.1, 0.15) is 41.5 Å². The fourth-order valence-electron chi connectivity index (χ4n) is 1.29. The number of likely N-dealkylation sites (N-methyl/N-ethyl adjacent to an activating group) is 1. The Morgan fingerprint density at radius 2 is 1.60 bits per heavy atom. The fraction of sp³-hybridized carbons (Fsp3) is 0.917. The van der Waals surface area contributed by atoms with E-state index in [9.17, 15) is 4.79 Å². The van der Waals surface area contributed by atoms with E-state index in [1.165, 1.54) is 0 Å². The first kappa shape index (κ1) is 14.4. The SMILES string of the molecule is CNC(C(=O)NC(C)C(C)(C)C)C(C)C. The van der Waals surface area contributed by atoms with Crippen LogP contribution >= 0.6 is 0 Å². The standard InChI is InChI=1S/C12H26N2O/c1-8(2)10(13-7)11(15)14-9(3)12(4,5)6/h8-10,13H,1-7H3,(H,14,15). The Bertz CT molecular complexity index is 206. The molecular formula is C12H26N2O. The molecule has 3 heteroatoms. The van der Waals surface area contributed by atoms with Crippen LogP contribution in [-0.2, 0) is 4.79 Å². The van der Waals surface area contributed by atoms with Gasteiger partial charge in [-0.15, -0.1) is 0 Å². The van der Waals surface area contributed by atoms with Gasteiger partial charge in [-0.1, -0.05) is 34.6 Å². The summed E-state index contributed by atoms with van der Waals surface area (Å²) in [7, 11) is 1.83. The Morgan fingerprint density at radius 1 is 1.13 bits per heavy atom. The minimum Gasteiger partial charge on any atom is -0.352 e. The second-order valence-electron chi connectivity index (χ2n) is 5.61. The molecule has 2 unspecified atom stereocenters. The minimum atomic E-state index is -0.102. The average Bonchev–Trinajstić information content (AvgIpc) is 2.02. The van der Waals surface area contributed by atoms with Crippen molar-refractivity contribution in [3.63, 3.8) is 0 Å². The molecule has 0 bridgehead atoms. The van der Waals surface area contributed by atoms with E-state index >= 15 is 0 Å². The molecule has 0 aromatic rings. The molecule has 0 radical (unpaired) electrons. The molecule has 0 aromatic heterocycles. The number of amides is 1. The molecule has 0 aliphatic rings. The number of carbonyl (C=O) groups is 1. The van der Waals surface area contributed by atoms with Gasteiger partial charge in [0.1, 0.15) is 0 Å².